The van der Waals surface area contributed by atoms with Crippen molar-refractivity contribution in [3.63, 3.8) is 0 Å². The summed E-state index contributed by atoms with van der Waals surface area (Å²) in [5.74, 6) is -0.155. The SMILES string of the molecule is Cc1cc(C)nc(CNC(=O)[C@@H](C)c2n[nH]c(=O)c3ccccc23)n1. The second kappa shape index (κ2) is 6.80. The number of carbonyl (C=O) groups excluding carboxylic acids is 1. The molecule has 1 aromatic carbocycles. The number of H-pyrrole nitrogens is 1. The number of amides is 1. The maximum atomic E-state index is 12.5. The Kier molecular flexibility index (Phi) is 4.56. The van der Waals surface area contributed by atoms with Gasteiger partial charge >= 0.3 is 0 Å². The molecule has 0 spiro atoms. The number of benzene rings is 1. The number of aromatic nitrogens is 4. The molecule has 0 fully saturated rings. The second-order valence-electron chi connectivity index (χ2n) is 5.99. The molecule has 7 nitrogen and oxygen atoms in total. The summed E-state index contributed by atoms with van der Waals surface area (Å²) in [6, 6.07) is 8.99. The fraction of sp³-hybridized carbons (Fsp3) is 0.278. The number of aryl methyl sites for hydroxylation is 2. The zero-order valence-corrected chi connectivity index (χ0v) is 14.3. The van der Waals surface area contributed by atoms with Crippen LogP contribution < -0.4 is 10.9 Å². The lowest BCUT2D eigenvalue weighted by atomic mass is 10.0. The average molecular weight is 337 g/mol. The van der Waals surface area contributed by atoms with E-state index in [4.69, 9.17) is 0 Å². The predicted octanol–water partition coefficient (Wildman–Crippen LogP) is 1.75. The summed E-state index contributed by atoms with van der Waals surface area (Å²) < 4.78 is 0. The monoisotopic (exact) mass is 337 g/mol. The van der Waals surface area contributed by atoms with Crippen LogP contribution in [0.3, 0.4) is 0 Å². The molecule has 0 aliphatic heterocycles. The average Bonchev–Trinajstić information content (AvgIpc) is 2.59. The van der Waals surface area contributed by atoms with Crippen LogP contribution in [0.15, 0.2) is 35.1 Å². The van der Waals surface area contributed by atoms with Gasteiger partial charge in [0.15, 0.2) is 0 Å². The molecule has 1 atom stereocenters. The number of aromatic amines is 1. The Hall–Kier alpha value is -3.09. The van der Waals surface area contributed by atoms with Crippen molar-refractivity contribution < 1.29 is 4.79 Å². The van der Waals surface area contributed by atoms with Crippen LogP contribution in [0.25, 0.3) is 10.8 Å². The van der Waals surface area contributed by atoms with Crippen molar-refractivity contribution in [2.45, 2.75) is 33.2 Å². The molecule has 2 heterocycles. The third-order valence-electron chi connectivity index (χ3n) is 3.98. The van der Waals surface area contributed by atoms with Crippen molar-refractivity contribution in [2.24, 2.45) is 0 Å². The fourth-order valence-electron chi connectivity index (χ4n) is 2.79. The van der Waals surface area contributed by atoms with Gasteiger partial charge in [-0.2, -0.15) is 5.10 Å². The first-order chi connectivity index (χ1) is 12.0. The minimum atomic E-state index is -0.521. The van der Waals surface area contributed by atoms with Crippen LogP contribution in [-0.4, -0.2) is 26.1 Å². The fourth-order valence-corrected chi connectivity index (χ4v) is 2.79. The van der Waals surface area contributed by atoms with Gasteiger partial charge in [0.05, 0.1) is 23.5 Å². The molecule has 25 heavy (non-hydrogen) atoms. The molecule has 2 N–H and O–H groups in total. The van der Waals surface area contributed by atoms with E-state index < -0.39 is 5.92 Å². The molecule has 0 unspecified atom stereocenters. The van der Waals surface area contributed by atoms with Gasteiger partial charge in [0.25, 0.3) is 5.56 Å². The number of rotatable bonds is 4. The van der Waals surface area contributed by atoms with Gasteiger partial charge in [-0.15, -0.1) is 0 Å². The van der Waals surface area contributed by atoms with E-state index in [0.29, 0.717) is 22.3 Å². The molecule has 7 heteroatoms. The maximum Gasteiger partial charge on any atom is 0.272 e. The smallest absolute Gasteiger partial charge is 0.272 e. The summed E-state index contributed by atoms with van der Waals surface area (Å²) >= 11 is 0. The van der Waals surface area contributed by atoms with E-state index >= 15 is 0 Å². The molecule has 0 aliphatic rings. The molecule has 3 aromatic rings. The van der Waals surface area contributed by atoms with Crippen LogP contribution in [0.1, 0.15) is 35.7 Å². The minimum absolute atomic E-state index is 0.201. The summed E-state index contributed by atoms with van der Waals surface area (Å²) in [7, 11) is 0. The van der Waals surface area contributed by atoms with Crippen LogP contribution in [0.2, 0.25) is 0 Å². The quantitative estimate of drug-likeness (QED) is 0.755. The summed E-state index contributed by atoms with van der Waals surface area (Å²) in [6.07, 6.45) is 0. The van der Waals surface area contributed by atoms with Crippen LogP contribution >= 0.6 is 0 Å². The molecule has 0 bridgehead atoms. The molecular weight excluding hydrogens is 318 g/mol. The molecule has 128 valence electrons. The highest BCUT2D eigenvalue weighted by atomic mass is 16.2. The third-order valence-corrected chi connectivity index (χ3v) is 3.98. The Labute approximate surface area is 144 Å². The molecule has 1 amide bonds. The van der Waals surface area contributed by atoms with Crippen molar-refractivity contribution >= 4 is 16.7 Å². The highest BCUT2D eigenvalue weighted by molar-refractivity contribution is 5.90. The molecule has 0 saturated carbocycles. The lowest BCUT2D eigenvalue weighted by Crippen LogP contribution is -2.29. The van der Waals surface area contributed by atoms with Gasteiger partial charge in [-0.05, 0) is 32.9 Å². The molecule has 0 aliphatic carbocycles. The number of hydrogen-bond acceptors (Lipinski definition) is 5. The zero-order valence-electron chi connectivity index (χ0n) is 14.3. The Bertz CT molecular complexity index is 976. The van der Waals surface area contributed by atoms with Gasteiger partial charge in [0, 0.05) is 16.8 Å². The van der Waals surface area contributed by atoms with E-state index in [-0.39, 0.29) is 18.0 Å². The summed E-state index contributed by atoms with van der Waals surface area (Å²) in [5, 5.41) is 10.6. The van der Waals surface area contributed by atoms with Crippen LogP contribution in [0, 0.1) is 13.8 Å². The van der Waals surface area contributed by atoms with Gasteiger partial charge in [-0.25, -0.2) is 15.1 Å². The topological polar surface area (TPSA) is 101 Å². The minimum Gasteiger partial charge on any atom is -0.348 e. The Balaban J connectivity index is 1.81. The highest BCUT2D eigenvalue weighted by Crippen LogP contribution is 2.20. The maximum absolute atomic E-state index is 12.5. The number of carbonyl (C=O) groups is 1. The Morgan fingerprint density at radius 1 is 1.16 bits per heavy atom. The van der Waals surface area contributed by atoms with Crippen LogP contribution in [0.5, 0.6) is 0 Å². The Morgan fingerprint density at radius 2 is 1.80 bits per heavy atom. The summed E-state index contributed by atoms with van der Waals surface area (Å²) in [4.78, 5) is 33.0. The van der Waals surface area contributed by atoms with Gasteiger partial charge in [-0.1, -0.05) is 18.2 Å². The zero-order chi connectivity index (χ0) is 18.0. The van der Waals surface area contributed by atoms with Gasteiger partial charge in [-0.3, -0.25) is 9.59 Å². The van der Waals surface area contributed by atoms with Gasteiger partial charge < -0.3 is 5.32 Å². The summed E-state index contributed by atoms with van der Waals surface area (Å²) in [5.41, 5.74) is 1.99. The van der Waals surface area contributed by atoms with Crippen LogP contribution in [0.4, 0.5) is 0 Å². The number of nitrogens with one attached hydrogen (secondary N) is 2. The van der Waals surface area contributed by atoms with Crippen molar-refractivity contribution in [1.82, 2.24) is 25.5 Å². The van der Waals surface area contributed by atoms with E-state index in [1.807, 2.05) is 26.0 Å². The van der Waals surface area contributed by atoms with Crippen molar-refractivity contribution in [2.75, 3.05) is 0 Å². The molecule has 0 radical (unpaired) electrons. The third kappa shape index (κ3) is 3.55. The Morgan fingerprint density at radius 3 is 2.48 bits per heavy atom. The first-order valence-corrected chi connectivity index (χ1v) is 8.02. The van der Waals surface area contributed by atoms with Gasteiger partial charge in [0.2, 0.25) is 5.91 Å². The standard InChI is InChI=1S/C18H19N5O2/c1-10-8-11(2)21-15(20-10)9-19-17(24)12(3)16-13-6-4-5-7-14(13)18(25)23-22-16/h4-8,12H,9H2,1-3H3,(H,19,24)(H,23,25)/t12-/m0/s1. The van der Waals surface area contributed by atoms with E-state index in [2.05, 4.69) is 25.5 Å². The van der Waals surface area contributed by atoms with E-state index in [1.54, 1.807) is 25.1 Å². The molecule has 3 rings (SSSR count). The lowest BCUT2D eigenvalue weighted by Gasteiger charge is -2.13. The lowest BCUT2D eigenvalue weighted by molar-refractivity contribution is -0.122. The van der Waals surface area contributed by atoms with E-state index in [9.17, 15) is 9.59 Å². The van der Waals surface area contributed by atoms with E-state index in [1.165, 1.54) is 0 Å². The first kappa shape index (κ1) is 16.8. The molecule has 2 aromatic heterocycles. The molecular formula is C18H19N5O2. The van der Waals surface area contributed by atoms with Crippen molar-refractivity contribution in [3.8, 4) is 0 Å². The van der Waals surface area contributed by atoms with E-state index in [0.717, 1.165) is 11.4 Å². The second-order valence-corrected chi connectivity index (χ2v) is 5.99. The number of hydrogen-bond donors (Lipinski definition) is 2. The van der Waals surface area contributed by atoms with Gasteiger partial charge in [0.1, 0.15) is 5.82 Å². The number of nitrogens with zero attached hydrogens (tertiary/aromatic N) is 3. The summed E-state index contributed by atoms with van der Waals surface area (Å²) in [6.45, 7) is 5.77. The largest absolute Gasteiger partial charge is 0.348 e. The normalized spacial score (nSPS) is 12.1. The highest BCUT2D eigenvalue weighted by Gasteiger charge is 2.20. The first-order valence-electron chi connectivity index (χ1n) is 8.02. The van der Waals surface area contributed by atoms with Crippen molar-refractivity contribution in [3.05, 3.63) is 63.6 Å². The van der Waals surface area contributed by atoms with Crippen molar-refractivity contribution in [1.29, 1.82) is 0 Å². The van der Waals surface area contributed by atoms with Crippen LogP contribution in [-0.2, 0) is 11.3 Å². The molecule has 0 saturated heterocycles. The number of fused-ring (bicyclic) bond motifs is 1. The predicted molar refractivity (Wildman–Crippen MR) is 94.1 cm³/mol.